The van der Waals surface area contributed by atoms with E-state index in [4.69, 9.17) is 15.6 Å². The average molecular weight is 651 g/mol. The molecule has 8 heteroatoms. The SMILES string of the molecule is N[C@H](C(=O)O)C(I)c1c(I)cc(Oc2ccc(O)cc2)cc1I. The van der Waals surface area contributed by atoms with Crippen molar-refractivity contribution in [1.82, 2.24) is 0 Å². The van der Waals surface area contributed by atoms with Crippen molar-refractivity contribution in [1.29, 1.82) is 0 Å². The molecule has 1 unspecified atom stereocenters. The van der Waals surface area contributed by atoms with Crippen molar-refractivity contribution in [2.24, 2.45) is 5.73 Å². The van der Waals surface area contributed by atoms with Crippen molar-refractivity contribution in [3.63, 3.8) is 0 Å². The smallest absolute Gasteiger partial charge is 0.321 e. The van der Waals surface area contributed by atoms with E-state index in [1.807, 2.05) is 12.1 Å². The topological polar surface area (TPSA) is 92.8 Å². The number of rotatable bonds is 5. The van der Waals surface area contributed by atoms with E-state index in [1.165, 1.54) is 0 Å². The van der Waals surface area contributed by atoms with Gasteiger partial charge in [-0.05, 0) is 87.1 Å². The molecule has 2 rings (SSSR count). The average Bonchev–Trinajstić information content (AvgIpc) is 2.48. The molecule has 0 spiro atoms. The molecule has 2 aromatic carbocycles. The number of phenols is 1. The van der Waals surface area contributed by atoms with Gasteiger partial charge in [0.1, 0.15) is 23.3 Å². The first-order valence-corrected chi connectivity index (χ1v) is 9.78. The summed E-state index contributed by atoms with van der Waals surface area (Å²) in [5.74, 6) is 0.392. The molecule has 0 aliphatic carbocycles. The first-order chi connectivity index (χ1) is 10.8. The Labute approximate surface area is 174 Å². The molecule has 0 fully saturated rings. The number of hydrogen-bond acceptors (Lipinski definition) is 4. The largest absolute Gasteiger partial charge is 0.508 e. The highest BCUT2D eigenvalue weighted by atomic mass is 127. The first kappa shape index (κ1) is 19.0. The summed E-state index contributed by atoms with van der Waals surface area (Å²) in [6.45, 7) is 0. The molecule has 0 heterocycles. The van der Waals surface area contributed by atoms with Gasteiger partial charge in [0.05, 0.1) is 3.92 Å². The number of nitrogens with two attached hydrogens (primary N) is 1. The predicted octanol–water partition coefficient (Wildman–Crippen LogP) is 4.28. The summed E-state index contributed by atoms with van der Waals surface area (Å²) < 4.78 is 7.20. The van der Waals surface area contributed by atoms with Gasteiger partial charge in [0.15, 0.2) is 0 Å². The fourth-order valence-corrected chi connectivity index (χ4v) is 6.39. The van der Waals surface area contributed by atoms with Crippen LogP contribution in [0.1, 0.15) is 9.49 Å². The number of alkyl halides is 1. The van der Waals surface area contributed by atoms with E-state index in [1.54, 1.807) is 24.3 Å². The third-order valence-electron chi connectivity index (χ3n) is 3.00. The van der Waals surface area contributed by atoms with Gasteiger partial charge < -0.3 is 20.7 Å². The fraction of sp³-hybridized carbons (Fsp3) is 0.133. The van der Waals surface area contributed by atoms with E-state index in [9.17, 15) is 9.90 Å². The van der Waals surface area contributed by atoms with Gasteiger partial charge in [0.2, 0.25) is 0 Å². The standard InChI is InChI=1S/C15H12I3NO4/c16-10-5-9(23-8-3-1-7(20)2-4-8)6-11(17)12(10)13(18)14(19)15(21)22/h1-6,13-14,20H,19H2,(H,21,22)/t13?,14-/m0/s1. The molecule has 0 aliphatic rings. The van der Waals surface area contributed by atoms with Gasteiger partial charge >= 0.3 is 5.97 Å². The van der Waals surface area contributed by atoms with E-state index in [2.05, 4.69) is 67.8 Å². The van der Waals surface area contributed by atoms with Crippen LogP contribution in [-0.2, 0) is 4.79 Å². The highest BCUT2D eigenvalue weighted by molar-refractivity contribution is 14.1. The molecule has 0 radical (unpaired) electrons. The maximum atomic E-state index is 11.1. The summed E-state index contributed by atoms with van der Waals surface area (Å²) in [5, 5.41) is 18.4. The lowest BCUT2D eigenvalue weighted by Gasteiger charge is -2.19. The van der Waals surface area contributed by atoms with E-state index in [-0.39, 0.29) is 9.67 Å². The van der Waals surface area contributed by atoms with Crippen LogP contribution in [0.25, 0.3) is 0 Å². The minimum absolute atomic E-state index is 0.173. The molecule has 5 nitrogen and oxygen atoms in total. The van der Waals surface area contributed by atoms with E-state index in [0.29, 0.717) is 11.5 Å². The zero-order valence-electron chi connectivity index (χ0n) is 11.5. The number of carboxylic acid groups (broad SMARTS) is 1. The first-order valence-electron chi connectivity index (χ1n) is 6.38. The van der Waals surface area contributed by atoms with Crippen LogP contribution < -0.4 is 10.5 Å². The van der Waals surface area contributed by atoms with Crippen LogP contribution >= 0.6 is 67.8 Å². The molecule has 0 aliphatic heterocycles. The van der Waals surface area contributed by atoms with Gasteiger partial charge in [-0.25, -0.2) is 0 Å². The summed E-state index contributed by atoms with van der Waals surface area (Å²) in [6, 6.07) is 9.14. The van der Waals surface area contributed by atoms with Gasteiger partial charge in [-0.2, -0.15) is 0 Å². The number of ether oxygens (including phenoxy) is 1. The minimum atomic E-state index is -1.03. The molecule has 2 atom stereocenters. The summed E-state index contributed by atoms with van der Waals surface area (Å²) >= 11 is 6.36. The Morgan fingerprint density at radius 2 is 1.61 bits per heavy atom. The summed E-state index contributed by atoms with van der Waals surface area (Å²) in [4.78, 5) is 11.1. The number of hydrogen-bond donors (Lipinski definition) is 3. The van der Waals surface area contributed by atoms with Crippen LogP contribution in [0, 0.1) is 7.14 Å². The monoisotopic (exact) mass is 651 g/mol. The molecule has 0 saturated carbocycles. The third-order valence-corrected chi connectivity index (χ3v) is 6.18. The highest BCUT2D eigenvalue weighted by Gasteiger charge is 2.27. The Morgan fingerprint density at radius 1 is 1.09 bits per heavy atom. The number of benzene rings is 2. The van der Waals surface area contributed by atoms with Gasteiger partial charge in [0, 0.05) is 7.14 Å². The Kier molecular flexibility index (Phi) is 6.74. The van der Waals surface area contributed by atoms with Crippen molar-refractivity contribution < 1.29 is 19.7 Å². The number of carbonyl (C=O) groups is 1. The fourth-order valence-electron chi connectivity index (χ4n) is 1.84. The Hall–Kier alpha value is -0.340. The number of aromatic hydroxyl groups is 1. The molecular formula is C15H12I3NO4. The second-order valence-corrected chi connectivity index (χ2v) is 8.33. The van der Waals surface area contributed by atoms with Crippen molar-refractivity contribution in [3.8, 4) is 17.2 Å². The lowest BCUT2D eigenvalue weighted by molar-refractivity contribution is -0.138. The van der Waals surface area contributed by atoms with Crippen molar-refractivity contribution in [2.75, 3.05) is 0 Å². The lowest BCUT2D eigenvalue weighted by Crippen LogP contribution is -2.34. The highest BCUT2D eigenvalue weighted by Crippen LogP contribution is 2.37. The predicted molar refractivity (Wildman–Crippen MR) is 112 cm³/mol. The number of aliphatic carboxylic acids is 1. The van der Waals surface area contributed by atoms with Crippen LogP contribution in [0.5, 0.6) is 17.2 Å². The summed E-state index contributed by atoms with van der Waals surface area (Å²) in [6.07, 6.45) is 0. The second-order valence-electron chi connectivity index (χ2n) is 4.66. The zero-order chi connectivity index (χ0) is 17.1. The van der Waals surface area contributed by atoms with Gasteiger partial charge in [-0.1, -0.05) is 22.6 Å². The van der Waals surface area contributed by atoms with Gasteiger partial charge in [-0.3, -0.25) is 4.79 Å². The Balaban J connectivity index is 2.29. The summed E-state index contributed by atoms with van der Waals surface area (Å²) in [7, 11) is 0. The maximum absolute atomic E-state index is 11.1. The second kappa shape index (κ2) is 8.16. The van der Waals surface area contributed by atoms with Crippen molar-refractivity contribution >= 4 is 73.7 Å². The molecule has 122 valence electrons. The van der Waals surface area contributed by atoms with Crippen molar-refractivity contribution in [3.05, 3.63) is 49.1 Å². The van der Waals surface area contributed by atoms with Crippen LogP contribution in [0.3, 0.4) is 0 Å². The summed E-state index contributed by atoms with van der Waals surface area (Å²) in [5.41, 5.74) is 6.63. The molecule has 4 N–H and O–H groups in total. The molecule has 0 saturated heterocycles. The number of phenolic OH excluding ortho intramolecular Hbond substituents is 1. The van der Waals surface area contributed by atoms with Gasteiger partial charge in [0.25, 0.3) is 0 Å². The van der Waals surface area contributed by atoms with E-state index in [0.717, 1.165) is 12.7 Å². The van der Waals surface area contributed by atoms with Gasteiger partial charge in [-0.15, -0.1) is 0 Å². The van der Waals surface area contributed by atoms with Crippen LogP contribution in [0.2, 0.25) is 0 Å². The quantitative estimate of drug-likeness (QED) is 0.332. The van der Waals surface area contributed by atoms with Crippen LogP contribution in [0.15, 0.2) is 36.4 Å². The number of halogens is 3. The van der Waals surface area contributed by atoms with E-state index >= 15 is 0 Å². The molecule has 23 heavy (non-hydrogen) atoms. The maximum Gasteiger partial charge on any atom is 0.321 e. The van der Waals surface area contributed by atoms with Crippen molar-refractivity contribution in [2.45, 2.75) is 9.97 Å². The van der Waals surface area contributed by atoms with Crippen LogP contribution in [-0.4, -0.2) is 22.2 Å². The molecule has 0 amide bonds. The molecule has 0 aromatic heterocycles. The molecule has 2 aromatic rings. The Bertz CT molecular complexity index is 698. The third kappa shape index (κ3) is 4.82. The zero-order valence-corrected chi connectivity index (χ0v) is 18.0. The number of carboxylic acids is 1. The van der Waals surface area contributed by atoms with E-state index < -0.39 is 12.0 Å². The normalized spacial score (nSPS) is 13.4. The lowest BCUT2D eigenvalue weighted by atomic mass is 10.1. The molecular weight excluding hydrogens is 639 g/mol. The van der Waals surface area contributed by atoms with Crippen LogP contribution in [0.4, 0.5) is 0 Å². The Morgan fingerprint density at radius 3 is 2.09 bits per heavy atom. The minimum Gasteiger partial charge on any atom is -0.508 e. The molecule has 0 bridgehead atoms.